The fourth-order valence-electron chi connectivity index (χ4n) is 1.63. The Morgan fingerprint density at radius 2 is 2.11 bits per heavy atom. The average Bonchev–Trinajstić information content (AvgIpc) is 2.87. The summed E-state index contributed by atoms with van der Waals surface area (Å²) >= 11 is 5.65. The van der Waals surface area contributed by atoms with Crippen LogP contribution in [-0.2, 0) is 6.42 Å². The lowest BCUT2D eigenvalue weighted by Crippen LogP contribution is -1.89. The number of aryl methyl sites for hydroxylation is 1. The van der Waals surface area contributed by atoms with E-state index in [2.05, 4.69) is 4.98 Å². The van der Waals surface area contributed by atoms with Crippen molar-refractivity contribution in [2.75, 3.05) is 20.1 Å². The summed E-state index contributed by atoms with van der Waals surface area (Å²) in [6, 6.07) is 5.53. The van der Waals surface area contributed by atoms with Gasteiger partial charge in [0.2, 0.25) is 0 Å². The number of nitrogens with zero attached hydrogens (tertiary/aromatic N) is 1. The number of alkyl halides is 1. The molecule has 18 heavy (non-hydrogen) atoms. The fourth-order valence-corrected chi connectivity index (χ4v) is 1.79. The van der Waals surface area contributed by atoms with Crippen LogP contribution in [0.3, 0.4) is 0 Å². The highest BCUT2D eigenvalue weighted by atomic mass is 35.5. The minimum atomic E-state index is 0.486. The molecule has 0 radical (unpaired) electrons. The van der Waals surface area contributed by atoms with Crippen molar-refractivity contribution in [3.63, 3.8) is 0 Å². The van der Waals surface area contributed by atoms with Gasteiger partial charge in [0.1, 0.15) is 11.5 Å². The van der Waals surface area contributed by atoms with Crippen molar-refractivity contribution in [2.24, 2.45) is 0 Å². The molecule has 0 unspecified atom stereocenters. The molecule has 0 aliphatic rings. The van der Waals surface area contributed by atoms with Gasteiger partial charge in [-0.3, -0.25) is 0 Å². The molecule has 0 amide bonds. The number of halogens is 1. The van der Waals surface area contributed by atoms with E-state index in [9.17, 15) is 0 Å². The van der Waals surface area contributed by atoms with Crippen molar-refractivity contribution in [1.82, 2.24) is 4.98 Å². The second-order valence-corrected chi connectivity index (χ2v) is 4.00. The van der Waals surface area contributed by atoms with E-state index in [4.69, 9.17) is 25.5 Å². The minimum absolute atomic E-state index is 0.486. The van der Waals surface area contributed by atoms with Crippen LogP contribution in [0.1, 0.15) is 5.89 Å². The normalized spacial score (nSPS) is 10.4. The number of hydrogen-bond acceptors (Lipinski definition) is 4. The van der Waals surface area contributed by atoms with Gasteiger partial charge in [0, 0.05) is 18.4 Å². The molecule has 0 saturated heterocycles. The lowest BCUT2D eigenvalue weighted by Gasteiger charge is -2.07. The van der Waals surface area contributed by atoms with E-state index >= 15 is 0 Å². The molecule has 96 valence electrons. The van der Waals surface area contributed by atoms with Gasteiger partial charge in [-0.25, -0.2) is 4.98 Å². The monoisotopic (exact) mass is 267 g/mol. The Labute approximate surface area is 110 Å². The van der Waals surface area contributed by atoms with Gasteiger partial charge in [-0.2, -0.15) is 0 Å². The number of oxazole rings is 1. The molecule has 0 spiro atoms. The van der Waals surface area contributed by atoms with Crippen LogP contribution in [0.5, 0.6) is 11.5 Å². The highest BCUT2D eigenvalue weighted by molar-refractivity contribution is 6.17. The van der Waals surface area contributed by atoms with Crippen LogP contribution in [0.15, 0.2) is 28.8 Å². The highest BCUT2D eigenvalue weighted by Gasteiger charge is 2.12. The second-order valence-electron chi connectivity index (χ2n) is 3.62. The Morgan fingerprint density at radius 3 is 2.78 bits per heavy atom. The van der Waals surface area contributed by atoms with Gasteiger partial charge < -0.3 is 13.9 Å². The predicted molar refractivity (Wildman–Crippen MR) is 69.5 cm³/mol. The van der Waals surface area contributed by atoms with Crippen molar-refractivity contribution in [3.8, 4) is 22.8 Å². The summed E-state index contributed by atoms with van der Waals surface area (Å²) in [6.07, 6.45) is 2.28. The number of ether oxygens (including phenoxy) is 2. The van der Waals surface area contributed by atoms with Gasteiger partial charge in [-0.15, -0.1) is 11.6 Å². The molecule has 0 aliphatic heterocycles. The van der Waals surface area contributed by atoms with Crippen molar-refractivity contribution < 1.29 is 13.9 Å². The maximum Gasteiger partial charge on any atom is 0.196 e. The molecule has 2 rings (SSSR count). The number of hydrogen-bond donors (Lipinski definition) is 0. The topological polar surface area (TPSA) is 44.5 Å². The van der Waals surface area contributed by atoms with E-state index in [-0.39, 0.29) is 0 Å². The lowest BCUT2D eigenvalue weighted by molar-refractivity contribution is 0.394. The van der Waals surface area contributed by atoms with Gasteiger partial charge in [0.15, 0.2) is 11.7 Å². The zero-order valence-electron chi connectivity index (χ0n) is 10.3. The molecular formula is C13H14ClNO3. The number of methoxy groups -OCH3 is 2. The first-order valence-corrected chi connectivity index (χ1v) is 6.05. The third-order valence-corrected chi connectivity index (χ3v) is 2.73. The summed E-state index contributed by atoms with van der Waals surface area (Å²) in [6.45, 7) is 0. The average molecular weight is 268 g/mol. The molecule has 4 nitrogen and oxygen atoms in total. The smallest absolute Gasteiger partial charge is 0.196 e. The molecule has 0 fully saturated rings. The summed E-state index contributed by atoms with van der Waals surface area (Å²) in [4.78, 5) is 4.16. The quantitative estimate of drug-likeness (QED) is 0.781. The molecule has 1 heterocycles. The van der Waals surface area contributed by atoms with E-state index in [0.29, 0.717) is 29.7 Å². The lowest BCUT2D eigenvalue weighted by atomic mass is 10.1. The van der Waals surface area contributed by atoms with Crippen LogP contribution in [-0.4, -0.2) is 25.1 Å². The third kappa shape index (κ3) is 2.59. The van der Waals surface area contributed by atoms with Gasteiger partial charge in [-0.05, 0) is 12.1 Å². The predicted octanol–water partition coefficient (Wildman–Crippen LogP) is 3.14. The van der Waals surface area contributed by atoms with Crippen LogP contribution in [0.25, 0.3) is 11.3 Å². The van der Waals surface area contributed by atoms with Crippen LogP contribution >= 0.6 is 11.6 Å². The number of benzene rings is 1. The van der Waals surface area contributed by atoms with Crippen molar-refractivity contribution >= 4 is 11.6 Å². The first kappa shape index (κ1) is 12.8. The number of rotatable bonds is 5. The second kappa shape index (κ2) is 5.78. The van der Waals surface area contributed by atoms with E-state index in [0.717, 1.165) is 11.3 Å². The molecule has 1 aromatic carbocycles. The standard InChI is InChI=1S/C13H14ClNO3/c1-16-9-3-4-10(11(7-9)17-2)12-8-15-13(18-12)5-6-14/h3-4,7-8H,5-6H2,1-2H3. The van der Waals surface area contributed by atoms with Gasteiger partial charge in [-0.1, -0.05) is 0 Å². The molecule has 0 N–H and O–H groups in total. The summed E-state index contributed by atoms with van der Waals surface area (Å²) in [5, 5.41) is 0. The SMILES string of the molecule is COc1ccc(-c2cnc(CCCl)o2)c(OC)c1. The van der Waals surface area contributed by atoms with Crippen molar-refractivity contribution in [3.05, 3.63) is 30.3 Å². The fraction of sp³-hybridized carbons (Fsp3) is 0.308. The molecule has 5 heteroatoms. The Hall–Kier alpha value is -1.68. The van der Waals surface area contributed by atoms with Crippen molar-refractivity contribution in [2.45, 2.75) is 6.42 Å². The van der Waals surface area contributed by atoms with E-state index in [1.165, 1.54) is 0 Å². The van der Waals surface area contributed by atoms with Crippen molar-refractivity contribution in [1.29, 1.82) is 0 Å². The first-order chi connectivity index (χ1) is 8.78. The summed E-state index contributed by atoms with van der Waals surface area (Å²) in [7, 11) is 3.22. The molecule has 0 saturated carbocycles. The Kier molecular flexibility index (Phi) is 4.10. The highest BCUT2D eigenvalue weighted by Crippen LogP contribution is 2.33. The van der Waals surface area contributed by atoms with Gasteiger partial charge in [0.25, 0.3) is 0 Å². The van der Waals surface area contributed by atoms with E-state index < -0.39 is 0 Å². The zero-order valence-corrected chi connectivity index (χ0v) is 11.0. The van der Waals surface area contributed by atoms with E-state index in [1.54, 1.807) is 26.5 Å². The van der Waals surface area contributed by atoms with Crippen LogP contribution in [0.2, 0.25) is 0 Å². The molecule has 2 aromatic rings. The first-order valence-electron chi connectivity index (χ1n) is 5.51. The van der Waals surface area contributed by atoms with Gasteiger partial charge >= 0.3 is 0 Å². The van der Waals surface area contributed by atoms with Crippen LogP contribution in [0, 0.1) is 0 Å². The van der Waals surface area contributed by atoms with E-state index in [1.807, 2.05) is 12.1 Å². The maximum absolute atomic E-state index is 5.65. The zero-order chi connectivity index (χ0) is 13.0. The minimum Gasteiger partial charge on any atom is -0.497 e. The Bertz CT molecular complexity index is 525. The maximum atomic E-state index is 5.65. The summed E-state index contributed by atoms with van der Waals surface area (Å²) in [5.41, 5.74) is 0.839. The summed E-state index contributed by atoms with van der Waals surface area (Å²) < 4.78 is 16.1. The number of aromatic nitrogens is 1. The third-order valence-electron chi connectivity index (χ3n) is 2.54. The molecule has 0 aliphatic carbocycles. The van der Waals surface area contributed by atoms with Crippen LogP contribution < -0.4 is 9.47 Å². The van der Waals surface area contributed by atoms with Crippen LogP contribution in [0.4, 0.5) is 0 Å². The molecule has 0 bridgehead atoms. The van der Waals surface area contributed by atoms with Gasteiger partial charge in [0.05, 0.1) is 26.0 Å². The Morgan fingerprint density at radius 1 is 1.28 bits per heavy atom. The molecular weight excluding hydrogens is 254 g/mol. The summed E-state index contributed by atoms with van der Waals surface area (Å²) in [5.74, 6) is 3.19. The molecule has 0 atom stereocenters. The molecule has 1 aromatic heterocycles. The largest absolute Gasteiger partial charge is 0.497 e. The Balaban J connectivity index is 2.36.